The summed E-state index contributed by atoms with van der Waals surface area (Å²) in [6, 6.07) is 7.36. The fourth-order valence-electron chi connectivity index (χ4n) is 1.57. The van der Waals surface area contributed by atoms with Crippen LogP contribution in [0.1, 0.15) is 17.4 Å². The van der Waals surface area contributed by atoms with E-state index in [1.807, 2.05) is 0 Å². The lowest BCUT2D eigenvalue weighted by Crippen LogP contribution is -2.03. The smallest absolute Gasteiger partial charge is 0.356 e. The summed E-state index contributed by atoms with van der Waals surface area (Å²) in [5.41, 5.74) is 0.282. The highest BCUT2D eigenvalue weighted by atomic mass is 19.1. The monoisotopic (exact) mass is 262 g/mol. The van der Waals surface area contributed by atoms with Gasteiger partial charge in [-0.05, 0) is 31.2 Å². The number of hydrogen-bond acceptors (Lipinski definition) is 4. The minimum absolute atomic E-state index is 0.129. The van der Waals surface area contributed by atoms with Gasteiger partial charge >= 0.3 is 5.97 Å². The number of rotatable bonds is 4. The van der Waals surface area contributed by atoms with Crippen LogP contribution in [0.2, 0.25) is 0 Å². The summed E-state index contributed by atoms with van der Waals surface area (Å²) in [7, 11) is 0. The molecule has 0 aliphatic heterocycles. The molecule has 0 saturated carbocycles. The predicted molar refractivity (Wildman–Crippen MR) is 65.6 cm³/mol. The zero-order chi connectivity index (χ0) is 13.8. The number of halogens is 1. The minimum atomic E-state index is -1.18. The molecular formula is C13H11FN2O3. The van der Waals surface area contributed by atoms with Crippen molar-refractivity contribution in [3.05, 3.63) is 41.8 Å². The van der Waals surface area contributed by atoms with Gasteiger partial charge in [-0.3, -0.25) is 0 Å². The lowest BCUT2D eigenvalue weighted by atomic mass is 10.1. The van der Waals surface area contributed by atoms with E-state index in [9.17, 15) is 9.18 Å². The van der Waals surface area contributed by atoms with Crippen molar-refractivity contribution in [1.29, 1.82) is 0 Å². The Bertz CT molecular complexity index is 599. The maximum atomic E-state index is 14.1. The van der Waals surface area contributed by atoms with Crippen LogP contribution in [0.25, 0.3) is 11.3 Å². The van der Waals surface area contributed by atoms with Crippen LogP contribution in [0.4, 0.5) is 4.39 Å². The second kappa shape index (κ2) is 5.43. The topological polar surface area (TPSA) is 72.3 Å². The van der Waals surface area contributed by atoms with E-state index in [-0.39, 0.29) is 22.7 Å². The Hall–Kier alpha value is -2.50. The van der Waals surface area contributed by atoms with Gasteiger partial charge in [0.15, 0.2) is 17.3 Å². The lowest BCUT2D eigenvalue weighted by Gasteiger charge is -2.08. The second-order valence-corrected chi connectivity index (χ2v) is 3.66. The average Bonchev–Trinajstić information content (AvgIpc) is 2.41. The summed E-state index contributed by atoms with van der Waals surface area (Å²) in [6.45, 7) is 2.11. The van der Waals surface area contributed by atoms with Crippen molar-refractivity contribution in [2.24, 2.45) is 0 Å². The van der Waals surface area contributed by atoms with Gasteiger partial charge in [0.1, 0.15) is 0 Å². The first kappa shape index (κ1) is 12.9. The van der Waals surface area contributed by atoms with Crippen molar-refractivity contribution < 1.29 is 19.0 Å². The predicted octanol–water partition coefficient (Wildman–Crippen LogP) is 2.38. The molecule has 0 unspecified atom stereocenters. The molecule has 0 fully saturated rings. The minimum Gasteiger partial charge on any atom is -0.491 e. The number of carbonyl (C=O) groups is 1. The van der Waals surface area contributed by atoms with E-state index in [1.54, 1.807) is 13.0 Å². The Kier molecular flexibility index (Phi) is 3.70. The number of carboxylic acid groups (broad SMARTS) is 1. The van der Waals surface area contributed by atoms with E-state index in [0.29, 0.717) is 6.61 Å². The highest BCUT2D eigenvalue weighted by molar-refractivity contribution is 5.85. The SMILES string of the molecule is CCOc1cccc(-c2ccc(C(=O)O)nn2)c1F. The Morgan fingerprint density at radius 1 is 1.32 bits per heavy atom. The van der Waals surface area contributed by atoms with E-state index in [2.05, 4.69) is 10.2 Å². The van der Waals surface area contributed by atoms with Gasteiger partial charge in [0.05, 0.1) is 12.3 Å². The number of benzene rings is 1. The van der Waals surface area contributed by atoms with Crippen LogP contribution >= 0.6 is 0 Å². The number of aromatic nitrogens is 2. The van der Waals surface area contributed by atoms with Gasteiger partial charge < -0.3 is 9.84 Å². The quantitative estimate of drug-likeness (QED) is 0.915. The van der Waals surface area contributed by atoms with Gasteiger partial charge in [0, 0.05) is 5.56 Å². The first-order valence-electron chi connectivity index (χ1n) is 5.62. The van der Waals surface area contributed by atoms with Crippen LogP contribution < -0.4 is 4.74 Å². The Labute approximate surface area is 108 Å². The maximum absolute atomic E-state index is 14.1. The molecule has 0 amide bonds. The maximum Gasteiger partial charge on any atom is 0.356 e. The highest BCUT2D eigenvalue weighted by Gasteiger charge is 2.13. The fraction of sp³-hybridized carbons (Fsp3) is 0.154. The number of carboxylic acids is 1. The molecule has 6 heteroatoms. The third kappa shape index (κ3) is 2.67. The zero-order valence-corrected chi connectivity index (χ0v) is 10.1. The van der Waals surface area contributed by atoms with E-state index in [4.69, 9.17) is 9.84 Å². The third-order valence-corrected chi connectivity index (χ3v) is 2.42. The van der Waals surface area contributed by atoms with Crippen LogP contribution in [0, 0.1) is 5.82 Å². The molecule has 0 aliphatic rings. The molecule has 19 heavy (non-hydrogen) atoms. The molecule has 2 aromatic rings. The third-order valence-electron chi connectivity index (χ3n) is 2.42. The van der Waals surface area contributed by atoms with Gasteiger partial charge in [0.25, 0.3) is 0 Å². The first-order valence-corrected chi connectivity index (χ1v) is 5.62. The number of aromatic carboxylic acids is 1. The molecule has 2 rings (SSSR count). The van der Waals surface area contributed by atoms with Crippen LogP contribution in [0.15, 0.2) is 30.3 Å². The molecule has 0 bridgehead atoms. The molecule has 0 spiro atoms. The van der Waals surface area contributed by atoms with E-state index in [0.717, 1.165) is 0 Å². The molecule has 0 radical (unpaired) electrons. The second-order valence-electron chi connectivity index (χ2n) is 3.66. The molecule has 0 aliphatic carbocycles. The normalized spacial score (nSPS) is 10.2. The molecule has 0 atom stereocenters. The molecule has 5 nitrogen and oxygen atoms in total. The summed E-state index contributed by atoms with van der Waals surface area (Å²) >= 11 is 0. The van der Waals surface area contributed by atoms with Crippen LogP contribution in [0.3, 0.4) is 0 Å². The van der Waals surface area contributed by atoms with E-state index < -0.39 is 11.8 Å². The van der Waals surface area contributed by atoms with Crippen LogP contribution in [-0.2, 0) is 0 Å². The molecule has 1 heterocycles. The number of nitrogens with zero attached hydrogens (tertiary/aromatic N) is 2. The van der Waals surface area contributed by atoms with Crippen molar-refractivity contribution in [1.82, 2.24) is 10.2 Å². The van der Waals surface area contributed by atoms with E-state index in [1.165, 1.54) is 24.3 Å². The Balaban J connectivity index is 2.41. The van der Waals surface area contributed by atoms with Gasteiger partial charge in [-0.15, -0.1) is 10.2 Å². The summed E-state index contributed by atoms with van der Waals surface area (Å²) < 4.78 is 19.2. The van der Waals surface area contributed by atoms with Crippen molar-refractivity contribution >= 4 is 5.97 Å². The summed E-state index contributed by atoms with van der Waals surface area (Å²) in [5.74, 6) is -1.59. The van der Waals surface area contributed by atoms with Crippen molar-refractivity contribution in [3.8, 4) is 17.0 Å². The van der Waals surface area contributed by atoms with Crippen LogP contribution in [0.5, 0.6) is 5.75 Å². The fourth-order valence-corrected chi connectivity index (χ4v) is 1.57. The molecule has 1 aromatic heterocycles. The van der Waals surface area contributed by atoms with E-state index >= 15 is 0 Å². The van der Waals surface area contributed by atoms with Gasteiger partial charge in [-0.2, -0.15) is 0 Å². The molecule has 98 valence electrons. The van der Waals surface area contributed by atoms with Gasteiger partial charge in [-0.25, -0.2) is 9.18 Å². The Morgan fingerprint density at radius 2 is 2.11 bits per heavy atom. The van der Waals surface area contributed by atoms with Crippen molar-refractivity contribution in [2.45, 2.75) is 6.92 Å². The van der Waals surface area contributed by atoms with Crippen molar-refractivity contribution in [3.63, 3.8) is 0 Å². The molecular weight excluding hydrogens is 251 g/mol. The zero-order valence-electron chi connectivity index (χ0n) is 10.1. The lowest BCUT2D eigenvalue weighted by molar-refractivity contribution is 0.0689. The largest absolute Gasteiger partial charge is 0.491 e. The number of hydrogen-bond donors (Lipinski definition) is 1. The molecule has 1 aromatic carbocycles. The average molecular weight is 262 g/mol. The summed E-state index contributed by atoms with van der Waals surface area (Å²) in [6.07, 6.45) is 0. The van der Waals surface area contributed by atoms with Crippen LogP contribution in [-0.4, -0.2) is 27.9 Å². The number of ether oxygens (including phenoxy) is 1. The summed E-state index contributed by atoms with van der Waals surface area (Å²) in [5, 5.41) is 15.9. The summed E-state index contributed by atoms with van der Waals surface area (Å²) in [4.78, 5) is 10.7. The Morgan fingerprint density at radius 3 is 2.68 bits per heavy atom. The van der Waals surface area contributed by atoms with Crippen molar-refractivity contribution in [2.75, 3.05) is 6.61 Å². The van der Waals surface area contributed by atoms with Gasteiger partial charge in [-0.1, -0.05) is 6.07 Å². The molecule has 1 N–H and O–H groups in total. The highest BCUT2D eigenvalue weighted by Crippen LogP contribution is 2.27. The molecule has 0 saturated heterocycles. The first-order chi connectivity index (χ1) is 9.13. The standard InChI is InChI=1S/C13H11FN2O3/c1-2-19-11-5-3-4-8(12(11)14)9-6-7-10(13(17)18)16-15-9/h3-7H,2H2,1H3,(H,17,18). The van der Waals surface area contributed by atoms with Gasteiger partial charge in [0.2, 0.25) is 0 Å².